The molecular weight excluding hydrogens is 242 g/mol. The molecule has 2 fully saturated rings. The van der Waals surface area contributed by atoms with Crippen molar-refractivity contribution in [3.05, 3.63) is 29.8 Å². The smallest absolute Gasteiger partial charge is 0.120 e. The van der Waals surface area contributed by atoms with Crippen molar-refractivity contribution in [3.63, 3.8) is 0 Å². The molecule has 1 atom stereocenters. The van der Waals surface area contributed by atoms with Gasteiger partial charge in [0.1, 0.15) is 11.9 Å². The molecule has 0 aliphatic carbocycles. The highest BCUT2D eigenvalue weighted by Crippen LogP contribution is 2.25. The van der Waals surface area contributed by atoms with Gasteiger partial charge in [0.05, 0.1) is 0 Å². The molecule has 0 spiro atoms. The van der Waals surface area contributed by atoms with Gasteiger partial charge in [-0.25, -0.2) is 0 Å². The molecule has 0 radical (unpaired) electrons. The fraction of sp³-hybridized carbons (Fsp3) is 0.600. The normalized spacial score (nSPS) is 24.6. The van der Waals surface area contributed by atoms with Crippen molar-refractivity contribution in [3.8, 4) is 5.75 Å². The average molecular weight is 263 g/mol. The minimum atomic E-state index is 0.446. The number of ether oxygens (including phenoxy) is 1. The number of piperidine rings is 1. The second-order valence-electron chi connectivity index (χ2n) is 5.34. The molecule has 18 heavy (non-hydrogen) atoms. The lowest BCUT2D eigenvalue weighted by Crippen LogP contribution is -2.31. The van der Waals surface area contributed by atoms with E-state index >= 15 is 0 Å². The van der Waals surface area contributed by atoms with E-state index < -0.39 is 0 Å². The largest absolute Gasteiger partial charge is 0.489 e. The van der Waals surface area contributed by atoms with Crippen LogP contribution in [0, 0.1) is 5.92 Å². The van der Waals surface area contributed by atoms with Crippen molar-refractivity contribution >= 4 is 11.8 Å². The van der Waals surface area contributed by atoms with Gasteiger partial charge in [0.2, 0.25) is 0 Å². The number of thioether (sulfide) groups is 1. The SMILES string of the molecule is c1cc(CC2CCCNC2)cc(OC2CSC2)c1. The van der Waals surface area contributed by atoms with Gasteiger partial charge in [-0.3, -0.25) is 0 Å². The molecule has 0 amide bonds. The molecule has 1 unspecified atom stereocenters. The minimum absolute atomic E-state index is 0.446. The standard InChI is InChI=1S/C15H21NOS/c1-3-12(7-13-4-2-6-16-9-13)8-14(5-1)17-15-10-18-11-15/h1,3,5,8,13,15-16H,2,4,6-7,9-11H2. The molecule has 2 aliphatic rings. The predicted molar refractivity (Wildman–Crippen MR) is 77.5 cm³/mol. The van der Waals surface area contributed by atoms with Crippen molar-refractivity contribution in [2.24, 2.45) is 5.92 Å². The fourth-order valence-corrected chi connectivity index (χ4v) is 3.22. The summed E-state index contributed by atoms with van der Waals surface area (Å²) in [5.41, 5.74) is 1.42. The molecule has 98 valence electrons. The Morgan fingerprint density at radius 2 is 2.28 bits per heavy atom. The Bertz CT molecular complexity index is 386. The minimum Gasteiger partial charge on any atom is -0.489 e. The summed E-state index contributed by atoms with van der Waals surface area (Å²) in [7, 11) is 0. The Morgan fingerprint density at radius 3 is 3.00 bits per heavy atom. The lowest BCUT2D eigenvalue weighted by Gasteiger charge is -2.26. The van der Waals surface area contributed by atoms with Crippen LogP contribution in [0.15, 0.2) is 24.3 Å². The van der Waals surface area contributed by atoms with Crippen LogP contribution < -0.4 is 10.1 Å². The highest BCUT2D eigenvalue weighted by Gasteiger charge is 2.20. The molecule has 0 aromatic heterocycles. The van der Waals surface area contributed by atoms with E-state index in [0.29, 0.717) is 6.10 Å². The third-order valence-electron chi connectivity index (χ3n) is 3.73. The highest BCUT2D eigenvalue weighted by atomic mass is 32.2. The fourth-order valence-electron chi connectivity index (χ4n) is 2.65. The lowest BCUT2D eigenvalue weighted by molar-refractivity contribution is 0.240. The summed E-state index contributed by atoms with van der Waals surface area (Å²) < 4.78 is 5.94. The van der Waals surface area contributed by atoms with E-state index in [-0.39, 0.29) is 0 Å². The first-order chi connectivity index (χ1) is 8.90. The first-order valence-corrected chi connectivity index (χ1v) is 8.10. The van der Waals surface area contributed by atoms with Gasteiger partial charge >= 0.3 is 0 Å². The zero-order valence-corrected chi connectivity index (χ0v) is 11.5. The summed E-state index contributed by atoms with van der Waals surface area (Å²) in [4.78, 5) is 0. The van der Waals surface area contributed by atoms with E-state index in [0.717, 1.165) is 23.2 Å². The van der Waals surface area contributed by atoms with E-state index in [1.54, 1.807) is 0 Å². The van der Waals surface area contributed by atoms with Gasteiger partial charge in [-0.15, -0.1) is 0 Å². The summed E-state index contributed by atoms with van der Waals surface area (Å²) in [6, 6.07) is 8.69. The number of benzene rings is 1. The van der Waals surface area contributed by atoms with Crippen LogP contribution in [0.2, 0.25) is 0 Å². The number of rotatable bonds is 4. The Morgan fingerprint density at radius 1 is 1.33 bits per heavy atom. The monoisotopic (exact) mass is 263 g/mol. The Hall–Kier alpha value is -0.670. The maximum absolute atomic E-state index is 5.94. The quantitative estimate of drug-likeness (QED) is 0.902. The summed E-state index contributed by atoms with van der Waals surface area (Å²) >= 11 is 1.96. The molecule has 0 bridgehead atoms. The zero-order chi connectivity index (χ0) is 12.2. The maximum atomic E-state index is 5.94. The van der Waals surface area contributed by atoms with Crippen LogP contribution in [0.3, 0.4) is 0 Å². The van der Waals surface area contributed by atoms with E-state index in [2.05, 4.69) is 29.6 Å². The summed E-state index contributed by atoms with van der Waals surface area (Å²) in [5.74, 6) is 4.16. The van der Waals surface area contributed by atoms with Crippen molar-refractivity contribution in [1.29, 1.82) is 0 Å². The summed E-state index contributed by atoms with van der Waals surface area (Å²) in [5, 5.41) is 3.49. The van der Waals surface area contributed by atoms with Crippen LogP contribution in [0.5, 0.6) is 5.75 Å². The van der Waals surface area contributed by atoms with Gasteiger partial charge < -0.3 is 10.1 Å². The number of nitrogens with one attached hydrogen (secondary N) is 1. The molecule has 2 saturated heterocycles. The molecule has 3 rings (SSSR count). The Balaban J connectivity index is 1.58. The van der Waals surface area contributed by atoms with E-state index in [1.807, 2.05) is 11.8 Å². The van der Waals surface area contributed by atoms with Gasteiger partial charge in [0.15, 0.2) is 0 Å². The average Bonchev–Trinajstić information content (AvgIpc) is 2.36. The van der Waals surface area contributed by atoms with Gasteiger partial charge in [-0.2, -0.15) is 11.8 Å². The number of hydrogen-bond donors (Lipinski definition) is 1. The third-order valence-corrected chi connectivity index (χ3v) is 4.95. The molecule has 2 nitrogen and oxygen atoms in total. The van der Waals surface area contributed by atoms with Gasteiger partial charge in [0, 0.05) is 11.5 Å². The second kappa shape index (κ2) is 5.98. The first-order valence-electron chi connectivity index (χ1n) is 6.94. The molecular formula is C15H21NOS. The van der Waals surface area contributed by atoms with E-state index in [1.165, 1.54) is 37.9 Å². The van der Waals surface area contributed by atoms with E-state index in [4.69, 9.17) is 4.74 Å². The first kappa shape index (κ1) is 12.4. The summed E-state index contributed by atoms with van der Waals surface area (Å²) in [6.45, 7) is 2.36. The summed E-state index contributed by atoms with van der Waals surface area (Å²) in [6.07, 6.45) is 4.31. The Labute approximate surface area is 113 Å². The van der Waals surface area contributed by atoms with Crippen LogP contribution in [0.1, 0.15) is 18.4 Å². The number of hydrogen-bond acceptors (Lipinski definition) is 3. The molecule has 2 aliphatic heterocycles. The van der Waals surface area contributed by atoms with Crippen LogP contribution in [-0.4, -0.2) is 30.7 Å². The van der Waals surface area contributed by atoms with E-state index in [9.17, 15) is 0 Å². The molecule has 1 N–H and O–H groups in total. The molecule has 0 saturated carbocycles. The molecule has 2 heterocycles. The molecule has 1 aromatic carbocycles. The lowest BCUT2D eigenvalue weighted by atomic mass is 9.92. The van der Waals surface area contributed by atoms with Crippen LogP contribution >= 0.6 is 11.8 Å². The van der Waals surface area contributed by atoms with Crippen molar-refractivity contribution in [2.45, 2.75) is 25.4 Å². The molecule has 1 aromatic rings. The van der Waals surface area contributed by atoms with Crippen LogP contribution in [-0.2, 0) is 6.42 Å². The van der Waals surface area contributed by atoms with Gasteiger partial charge in [-0.1, -0.05) is 12.1 Å². The third kappa shape index (κ3) is 3.21. The van der Waals surface area contributed by atoms with Crippen LogP contribution in [0.25, 0.3) is 0 Å². The second-order valence-corrected chi connectivity index (χ2v) is 6.42. The highest BCUT2D eigenvalue weighted by molar-refractivity contribution is 8.00. The topological polar surface area (TPSA) is 21.3 Å². The van der Waals surface area contributed by atoms with Crippen molar-refractivity contribution < 1.29 is 4.74 Å². The zero-order valence-electron chi connectivity index (χ0n) is 10.7. The van der Waals surface area contributed by atoms with Crippen molar-refractivity contribution in [1.82, 2.24) is 5.32 Å². The van der Waals surface area contributed by atoms with Gasteiger partial charge in [0.25, 0.3) is 0 Å². The van der Waals surface area contributed by atoms with Gasteiger partial charge in [-0.05, 0) is 56.0 Å². The Kier molecular flexibility index (Phi) is 4.11. The molecule has 3 heteroatoms. The predicted octanol–water partition coefficient (Wildman–Crippen LogP) is 2.72. The maximum Gasteiger partial charge on any atom is 0.120 e. The van der Waals surface area contributed by atoms with Crippen molar-refractivity contribution in [2.75, 3.05) is 24.6 Å². The van der Waals surface area contributed by atoms with Crippen LogP contribution in [0.4, 0.5) is 0 Å².